The van der Waals surface area contributed by atoms with Crippen molar-refractivity contribution in [2.24, 2.45) is 10.9 Å². The zero-order chi connectivity index (χ0) is 15.9. The van der Waals surface area contributed by atoms with E-state index >= 15 is 0 Å². The number of aliphatic imine (C=N–C) groups is 1. The van der Waals surface area contributed by atoms with E-state index in [4.69, 9.17) is 4.98 Å². The lowest BCUT2D eigenvalue weighted by Gasteiger charge is -2.14. The first-order valence-corrected chi connectivity index (χ1v) is 8.60. The summed E-state index contributed by atoms with van der Waals surface area (Å²) in [5.74, 6) is 1.59. The van der Waals surface area contributed by atoms with E-state index in [-0.39, 0.29) is 29.4 Å². The number of aromatic nitrogens is 1. The third kappa shape index (κ3) is 8.31. The highest BCUT2D eigenvalue weighted by atomic mass is 127. The lowest BCUT2D eigenvalue weighted by molar-refractivity contribution is 0.569. The van der Waals surface area contributed by atoms with Gasteiger partial charge in [0.15, 0.2) is 5.96 Å². The van der Waals surface area contributed by atoms with E-state index in [1.807, 2.05) is 7.05 Å². The minimum Gasteiger partial charge on any atom is -0.356 e. The molecule has 1 rings (SSSR count). The molecular weight excluding hydrogens is 407 g/mol. The van der Waals surface area contributed by atoms with Crippen molar-refractivity contribution in [3.63, 3.8) is 0 Å². The zero-order valence-electron chi connectivity index (χ0n) is 14.7. The van der Waals surface area contributed by atoms with E-state index in [1.165, 1.54) is 10.7 Å². The van der Waals surface area contributed by atoms with Crippen LogP contribution in [0.4, 0.5) is 0 Å². The first kappa shape index (κ1) is 21.6. The number of nitrogens with zero attached hydrogens (tertiary/aromatic N) is 2. The van der Waals surface area contributed by atoms with Crippen LogP contribution in [0, 0.1) is 5.92 Å². The molecule has 0 fully saturated rings. The van der Waals surface area contributed by atoms with Gasteiger partial charge in [-0.25, -0.2) is 4.98 Å². The van der Waals surface area contributed by atoms with Crippen LogP contribution in [0.3, 0.4) is 0 Å². The monoisotopic (exact) mass is 438 g/mol. The summed E-state index contributed by atoms with van der Waals surface area (Å²) in [6.45, 7) is 12.9. The molecule has 0 amide bonds. The molecule has 0 aliphatic heterocycles. The van der Waals surface area contributed by atoms with Gasteiger partial charge in [-0.15, -0.1) is 35.3 Å². The van der Waals surface area contributed by atoms with Crippen molar-refractivity contribution in [3.8, 4) is 0 Å². The van der Waals surface area contributed by atoms with E-state index < -0.39 is 0 Å². The van der Waals surface area contributed by atoms with Crippen molar-refractivity contribution in [1.82, 2.24) is 15.6 Å². The molecule has 128 valence electrons. The van der Waals surface area contributed by atoms with Gasteiger partial charge in [-0.1, -0.05) is 34.6 Å². The first-order chi connectivity index (χ1) is 9.82. The number of hydrogen-bond donors (Lipinski definition) is 2. The van der Waals surface area contributed by atoms with Crippen molar-refractivity contribution in [2.45, 2.75) is 52.9 Å². The fourth-order valence-corrected chi connectivity index (χ4v) is 2.78. The normalized spacial score (nSPS) is 12.2. The van der Waals surface area contributed by atoms with E-state index in [9.17, 15) is 0 Å². The van der Waals surface area contributed by atoms with Gasteiger partial charge in [0.2, 0.25) is 0 Å². The summed E-state index contributed by atoms with van der Waals surface area (Å²) in [5.41, 5.74) is 1.32. The number of nitrogens with one attached hydrogen (secondary N) is 2. The molecule has 0 bridgehead atoms. The maximum absolute atomic E-state index is 4.71. The molecule has 0 aromatic carbocycles. The van der Waals surface area contributed by atoms with Gasteiger partial charge in [0.1, 0.15) is 0 Å². The Labute approximate surface area is 156 Å². The summed E-state index contributed by atoms with van der Waals surface area (Å²) in [4.78, 5) is 8.95. The molecular formula is C16H31IN4S. The quantitative estimate of drug-likeness (QED) is 0.404. The Bertz CT molecular complexity index is 449. The van der Waals surface area contributed by atoms with Gasteiger partial charge < -0.3 is 10.6 Å². The number of hydrogen-bond acceptors (Lipinski definition) is 3. The van der Waals surface area contributed by atoms with E-state index in [0.717, 1.165) is 31.9 Å². The molecule has 0 aliphatic rings. The Hall–Kier alpha value is -0.370. The second-order valence-electron chi connectivity index (χ2n) is 6.73. The molecule has 0 saturated carbocycles. The summed E-state index contributed by atoms with van der Waals surface area (Å²) < 4.78 is 0. The van der Waals surface area contributed by atoms with E-state index in [2.05, 4.69) is 55.6 Å². The maximum Gasteiger partial charge on any atom is 0.190 e. The third-order valence-corrected chi connectivity index (χ3v) is 4.10. The minimum absolute atomic E-state index is 0. The Morgan fingerprint density at radius 1 is 1.27 bits per heavy atom. The molecule has 0 radical (unpaired) electrons. The van der Waals surface area contributed by atoms with Crippen molar-refractivity contribution >= 4 is 41.3 Å². The fraction of sp³-hybridized carbons (Fsp3) is 0.750. The van der Waals surface area contributed by atoms with Crippen molar-refractivity contribution in [1.29, 1.82) is 0 Å². The van der Waals surface area contributed by atoms with E-state index in [0.29, 0.717) is 5.92 Å². The lowest BCUT2D eigenvalue weighted by Crippen LogP contribution is -2.39. The number of halogens is 1. The summed E-state index contributed by atoms with van der Waals surface area (Å²) in [7, 11) is 1.81. The number of rotatable bonds is 6. The molecule has 1 aromatic rings. The van der Waals surface area contributed by atoms with Crippen LogP contribution in [0.1, 0.15) is 51.7 Å². The van der Waals surface area contributed by atoms with Crippen LogP contribution in [0.15, 0.2) is 10.4 Å². The van der Waals surface area contributed by atoms with Crippen LogP contribution < -0.4 is 10.6 Å². The standard InChI is InChI=1S/C16H30N4S.HI/c1-12(2)7-9-18-15(17-6)19-10-8-14-20-13(11-21-14)16(3,4)5;/h11-12H,7-10H2,1-6H3,(H2,17,18,19);1H. The van der Waals surface area contributed by atoms with Gasteiger partial charge in [-0.3, -0.25) is 4.99 Å². The molecule has 0 aliphatic carbocycles. The molecule has 0 unspecified atom stereocenters. The summed E-state index contributed by atoms with van der Waals surface area (Å²) in [6.07, 6.45) is 2.09. The largest absolute Gasteiger partial charge is 0.356 e. The van der Waals surface area contributed by atoms with Gasteiger partial charge in [-0.2, -0.15) is 0 Å². The highest BCUT2D eigenvalue weighted by Gasteiger charge is 2.17. The highest BCUT2D eigenvalue weighted by molar-refractivity contribution is 14.0. The smallest absolute Gasteiger partial charge is 0.190 e. The SMILES string of the molecule is CN=C(NCCc1nc(C(C)(C)C)cs1)NCCC(C)C.I. The van der Waals surface area contributed by atoms with Crippen molar-refractivity contribution in [2.75, 3.05) is 20.1 Å². The van der Waals surface area contributed by atoms with Gasteiger partial charge in [-0.05, 0) is 12.3 Å². The van der Waals surface area contributed by atoms with Crippen molar-refractivity contribution in [3.05, 3.63) is 16.1 Å². The molecule has 1 aromatic heterocycles. The van der Waals surface area contributed by atoms with Gasteiger partial charge >= 0.3 is 0 Å². The zero-order valence-corrected chi connectivity index (χ0v) is 17.8. The molecule has 6 heteroatoms. The Kier molecular flexibility index (Phi) is 10.2. The Morgan fingerprint density at radius 2 is 1.91 bits per heavy atom. The minimum atomic E-state index is 0. The molecule has 0 atom stereocenters. The highest BCUT2D eigenvalue weighted by Crippen LogP contribution is 2.23. The average Bonchev–Trinajstić information content (AvgIpc) is 2.85. The predicted octanol–water partition coefficient (Wildman–Crippen LogP) is 3.81. The molecule has 0 spiro atoms. The maximum atomic E-state index is 4.71. The number of thiazole rings is 1. The predicted molar refractivity (Wildman–Crippen MR) is 109 cm³/mol. The van der Waals surface area contributed by atoms with E-state index in [1.54, 1.807) is 11.3 Å². The fourth-order valence-electron chi connectivity index (χ4n) is 1.76. The number of guanidine groups is 1. The lowest BCUT2D eigenvalue weighted by atomic mass is 9.93. The van der Waals surface area contributed by atoms with Crippen LogP contribution >= 0.6 is 35.3 Å². The average molecular weight is 438 g/mol. The molecule has 4 nitrogen and oxygen atoms in total. The van der Waals surface area contributed by atoms with Gasteiger partial charge in [0.05, 0.1) is 10.7 Å². The Morgan fingerprint density at radius 3 is 2.41 bits per heavy atom. The van der Waals surface area contributed by atoms with Gasteiger partial charge in [0, 0.05) is 37.4 Å². The van der Waals surface area contributed by atoms with Crippen LogP contribution in [-0.4, -0.2) is 31.1 Å². The molecule has 0 saturated heterocycles. The summed E-state index contributed by atoms with van der Waals surface area (Å²) >= 11 is 1.75. The third-order valence-electron chi connectivity index (χ3n) is 3.19. The van der Waals surface area contributed by atoms with Crippen LogP contribution in [-0.2, 0) is 11.8 Å². The second-order valence-corrected chi connectivity index (χ2v) is 7.68. The summed E-state index contributed by atoms with van der Waals surface area (Å²) in [6, 6.07) is 0. The van der Waals surface area contributed by atoms with Crippen molar-refractivity contribution < 1.29 is 0 Å². The van der Waals surface area contributed by atoms with Crippen LogP contribution in [0.2, 0.25) is 0 Å². The molecule has 2 N–H and O–H groups in total. The summed E-state index contributed by atoms with van der Waals surface area (Å²) in [5, 5.41) is 10.0. The van der Waals surface area contributed by atoms with Crippen LogP contribution in [0.5, 0.6) is 0 Å². The van der Waals surface area contributed by atoms with Crippen LogP contribution in [0.25, 0.3) is 0 Å². The topological polar surface area (TPSA) is 49.3 Å². The molecule has 1 heterocycles. The molecule has 22 heavy (non-hydrogen) atoms. The first-order valence-electron chi connectivity index (χ1n) is 7.72. The Balaban J connectivity index is 0.00000441. The second kappa shape index (κ2) is 10.4. The van der Waals surface area contributed by atoms with Gasteiger partial charge in [0.25, 0.3) is 0 Å².